The molecule has 106 valence electrons. The zero-order valence-corrected chi connectivity index (χ0v) is 10.9. The highest BCUT2D eigenvalue weighted by atomic mass is 35.5. The molecule has 0 radical (unpaired) electrons. The second kappa shape index (κ2) is 5.16. The Labute approximate surface area is 115 Å². The van der Waals surface area contributed by atoms with E-state index in [9.17, 15) is 22.8 Å². The molecule has 0 fully saturated rings. The van der Waals surface area contributed by atoms with Crippen molar-refractivity contribution in [1.82, 2.24) is 9.55 Å². The van der Waals surface area contributed by atoms with Crippen LogP contribution in [0, 0.1) is 17.5 Å². The molecule has 0 saturated heterocycles. The Morgan fingerprint density at radius 2 is 1.75 bits per heavy atom. The number of rotatable bonds is 2. The monoisotopic (exact) mass is 304 g/mol. The summed E-state index contributed by atoms with van der Waals surface area (Å²) < 4.78 is 40.1. The highest BCUT2D eigenvalue weighted by molar-refractivity contribution is 6.30. The first-order valence-corrected chi connectivity index (χ1v) is 5.93. The maximum atomic E-state index is 13.7. The lowest BCUT2D eigenvalue weighted by atomic mass is 10.2. The van der Waals surface area contributed by atoms with Gasteiger partial charge in [-0.3, -0.25) is 9.78 Å². The van der Waals surface area contributed by atoms with E-state index in [0.717, 1.165) is 0 Å². The fraction of sp³-hybridized carbons (Fsp3) is 0.167. The maximum Gasteiger partial charge on any atom is 0.334 e. The fourth-order valence-corrected chi connectivity index (χ4v) is 2.05. The lowest BCUT2D eigenvalue weighted by Crippen LogP contribution is -2.36. The van der Waals surface area contributed by atoms with E-state index in [1.807, 2.05) is 0 Å². The van der Waals surface area contributed by atoms with Gasteiger partial charge in [-0.2, -0.15) is 0 Å². The van der Waals surface area contributed by atoms with Gasteiger partial charge in [0.25, 0.3) is 5.56 Å². The Bertz CT molecular complexity index is 799. The van der Waals surface area contributed by atoms with E-state index in [0.29, 0.717) is 10.6 Å². The third kappa shape index (κ3) is 2.24. The minimum atomic E-state index is -1.42. The van der Waals surface area contributed by atoms with Gasteiger partial charge in [0, 0.05) is 12.1 Å². The number of aromatic amines is 1. The van der Waals surface area contributed by atoms with Gasteiger partial charge >= 0.3 is 5.69 Å². The SMILES string of the molecule is CCc1c(Cl)[nH]c(=O)n(-c2cc(F)c(F)cc2F)c1=O. The Kier molecular flexibility index (Phi) is 3.71. The Balaban J connectivity index is 2.87. The van der Waals surface area contributed by atoms with Crippen LogP contribution in [-0.4, -0.2) is 9.55 Å². The van der Waals surface area contributed by atoms with Gasteiger partial charge in [-0.25, -0.2) is 22.5 Å². The van der Waals surface area contributed by atoms with Gasteiger partial charge in [0.1, 0.15) is 5.15 Å². The van der Waals surface area contributed by atoms with Crippen molar-refractivity contribution in [1.29, 1.82) is 0 Å². The molecule has 0 aliphatic carbocycles. The molecular formula is C12H8ClF3N2O2. The first kappa shape index (κ1) is 14.4. The van der Waals surface area contributed by atoms with Crippen molar-refractivity contribution in [3.05, 3.63) is 61.1 Å². The molecule has 1 aromatic heterocycles. The van der Waals surface area contributed by atoms with Crippen LogP contribution >= 0.6 is 11.6 Å². The molecule has 8 heteroatoms. The first-order valence-electron chi connectivity index (χ1n) is 5.55. The summed E-state index contributed by atoms with van der Waals surface area (Å²) in [5.74, 6) is -4.03. The highest BCUT2D eigenvalue weighted by Gasteiger charge is 2.18. The van der Waals surface area contributed by atoms with Gasteiger partial charge in [-0.05, 0) is 6.42 Å². The maximum absolute atomic E-state index is 13.7. The van der Waals surface area contributed by atoms with Crippen LogP contribution in [0.3, 0.4) is 0 Å². The summed E-state index contributed by atoms with van der Waals surface area (Å²) >= 11 is 5.69. The standard InChI is InChI=1S/C12H8ClF3N2O2/c1-2-5-10(13)17-12(20)18(11(5)19)9-4-7(15)6(14)3-8(9)16/h3-4H,2H2,1H3,(H,17,20). The average molecular weight is 305 g/mol. The number of aromatic nitrogens is 2. The molecule has 1 N–H and O–H groups in total. The second-order valence-electron chi connectivity index (χ2n) is 3.93. The molecule has 0 unspecified atom stereocenters. The quantitative estimate of drug-likeness (QED) is 0.683. The molecule has 0 atom stereocenters. The molecule has 2 aromatic rings. The van der Waals surface area contributed by atoms with Crippen molar-refractivity contribution in [3.8, 4) is 5.69 Å². The number of hydrogen-bond donors (Lipinski definition) is 1. The van der Waals surface area contributed by atoms with Crippen molar-refractivity contribution in [2.45, 2.75) is 13.3 Å². The van der Waals surface area contributed by atoms with Crippen LogP contribution in [-0.2, 0) is 6.42 Å². The lowest BCUT2D eigenvalue weighted by molar-refractivity contribution is 0.491. The molecule has 0 spiro atoms. The van der Waals surface area contributed by atoms with Gasteiger partial charge in [-0.1, -0.05) is 18.5 Å². The summed E-state index contributed by atoms with van der Waals surface area (Å²) in [5, 5.41) is -0.165. The van der Waals surface area contributed by atoms with E-state index in [-0.39, 0.29) is 23.2 Å². The molecule has 1 heterocycles. The van der Waals surface area contributed by atoms with Gasteiger partial charge in [-0.15, -0.1) is 0 Å². The summed E-state index contributed by atoms with van der Waals surface area (Å²) in [7, 11) is 0. The summed E-state index contributed by atoms with van der Waals surface area (Å²) in [6.45, 7) is 1.60. The van der Waals surface area contributed by atoms with E-state index in [4.69, 9.17) is 11.6 Å². The average Bonchev–Trinajstić information content (AvgIpc) is 2.35. The van der Waals surface area contributed by atoms with Crippen molar-refractivity contribution < 1.29 is 13.2 Å². The van der Waals surface area contributed by atoms with Crippen LogP contribution in [0.15, 0.2) is 21.7 Å². The van der Waals surface area contributed by atoms with Crippen LogP contribution < -0.4 is 11.2 Å². The number of nitrogens with one attached hydrogen (secondary N) is 1. The molecular weight excluding hydrogens is 297 g/mol. The van der Waals surface area contributed by atoms with Gasteiger partial charge < -0.3 is 0 Å². The molecule has 0 aliphatic rings. The van der Waals surface area contributed by atoms with E-state index in [2.05, 4.69) is 4.98 Å². The van der Waals surface area contributed by atoms with Crippen molar-refractivity contribution in [2.24, 2.45) is 0 Å². The van der Waals surface area contributed by atoms with E-state index >= 15 is 0 Å². The number of hydrogen-bond acceptors (Lipinski definition) is 2. The van der Waals surface area contributed by atoms with E-state index in [1.165, 1.54) is 0 Å². The topological polar surface area (TPSA) is 54.9 Å². The number of halogens is 4. The summed E-state index contributed by atoms with van der Waals surface area (Å²) in [6, 6.07) is 0.700. The van der Waals surface area contributed by atoms with Gasteiger partial charge in [0.2, 0.25) is 0 Å². The van der Waals surface area contributed by atoms with Gasteiger partial charge in [0.05, 0.1) is 11.3 Å². The number of benzene rings is 1. The van der Waals surface area contributed by atoms with Gasteiger partial charge in [0.15, 0.2) is 17.5 Å². The predicted molar refractivity (Wildman–Crippen MR) is 66.9 cm³/mol. The van der Waals surface area contributed by atoms with Crippen molar-refractivity contribution in [2.75, 3.05) is 0 Å². The first-order chi connectivity index (χ1) is 9.36. The van der Waals surface area contributed by atoms with Crippen LogP contribution in [0.4, 0.5) is 13.2 Å². The molecule has 0 saturated carbocycles. The van der Waals surface area contributed by atoms with Crippen molar-refractivity contribution >= 4 is 11.6 Å². The minimum Gasteiger partial charge on any atom is -0.297 e. The second-order valence-corrected chi connectivity index (χ2v) is 4.31. The molecule has 0 amide bonds. The third-order valence-electron chi connectivity index (χ3n) is 2.73. The zero-order valence-electron chi connectivity index (χ0n) is 10.1. The number of nitrogens with zero attached hydrogens (tertiary/aromatic N) is 1. The Morgan fingerprint density at radius 3 is 2.35 bits per heavy atom. The lowest BCUT2D eigenvalue weighted by Gasteiger charge is -2.09. The van der Waals surface area contributed by atoms with Crippen LogP contribution in [0.2, 0.25) is 5.15 Å². The predicted octanol–water partition coefficient (Wildman–Crippen LogP) is 2.16. The largest absolute Gasteiger partial charge is 0.334 e. The molecule has 4 nitrogen and oxygen atoms in total. The molecule has 0 bridgehead atoms. The smallest absolute Gasteiger partial charge is 0.297 e. The highest BCUT2D eigenvalue weighted by Crippen LogP contribution is 2.16. The molecule has 0 aliphatic heterocycles. The minimum absolute atomic E-state index is 0.0374. The van der Waals surface area contributed by atoms with Crippen LogP contribution in [0.25, 0.3) is 5.69 Å². The fourth-order valence-electron chi connectivity index (χ4n) is 1.75. The Hall–Kier alpha value is -2.02. The van der Waals surface area contributed by atoms with E-state index in [1.54, 1.807) is 6.92 Å². The summed E-state index contributed by atoms with van der Waals surface area (Å²) in [4.78, 5) is 25.9. The Morgan fingerprint density at radius 1 is 1.15 bits per heavy atom. The third-order valence-corrected chi connectivity index (χ3v) is 3.05. The molecule has 1 aromatic carbocycles. The molecule has 2 rings (SSSR count). The van der Waals surface area contributed by atoms with E-state index < -0.39 is 34.4 Å². The number of H-pyrrole nitrogens is 1. The van der Waals surface area contributed by atoms with Crippen LogP contribution in [0.1, 0.15) is 12.5 Å². The normalized spacial score (nSPS) is 10.8. The summed E-state index contributed by atoms with van der Waals surface area (Å²) in [6.07, 6.45) is 0.180. The molecule has 20 heavy (non-hydrogen) atoms. The van der Waals surface area contributed by atoms with Crippen LogP contribution in [0.5, 0.6) is 0 Å². The summed E-state index contributed by atoms with van der Waals surface area (Å²) in [5.41, 5.74) is -2.56. The van der Waals surface area contributed by atoms with Crippen molar-refractivity contribution in [3.63, 3.8) is 0 Å². The zero-order chi connectivity index (χ0) is 15.0.